The Hall–Kier alpha value is -6.64. The summed E-state index contributed by atoms with van der Waals surface area (Å²) in [6, 6.07) is 67.5. The third-order valence-electron chi connectivity index (χ3n) is 10.1. The van der Waals surface area contributed by atoms with Crippen LogP contribution in [0.2, 0.25) is 0 Å². The number of nitrogens with zero attached hydrogens (tertiary/aromatic N) is 1. The molecule has 0 aliphatic rings. The lowest BCUT2D eigenvalue weighted by atomic mass is 9.96. The lowest BCUT2D eigenvalue weighted by Gasteiger charge is -2.28. The van der Waals surface area contributed by atoms with E-state index in [1.54, 1.807) is 0 Å². The van der Waals surface area contributed by atoms with Crippen LogP contribution in [-0.4, -0.2) is 0 Å². The van der Waals surface area contributed by atoms with Gasteiger partial charge in [-0.3, -0.25) is 0 Å². The zero-order chi connectivity index (χ0) is 33.0. The molecule has 0 bridgehead atoms. The van der Waals surface area contributed by atoms with Crippen LogP contribution in [0.4, 0.5) is 17.1 Å². The summed E-state index contributed by atoms with van der Waals surface area (Å²) < 4.78 is 6.41. The van der Waals surface area contributed by atoms with E-state index in [9.17, 15) is 0 Å². The summed E-state index contributed by atoms with van der Waals surface area (Å²) >= 11 is 0. The summed E-state index contributed by atoms with van der Waals surface area (Å²) in [5, 5.41) is 9.80. The molecular weight excluding hydrogens is 607 g/mol. The summed E-state index contributed by atoms with van der Waals surface area (Å²) in [6.07, 6.45) is 0. The van der Waals surface area contributed by atoms with Crippen LogP contribution in [0.1, 0.15) is 0 Å². The van der Waals surface area contributed by atoms with Crippen molar-refractivity contribution < 1.29 is 4.42 Å². The molecule has 2 nitrogen and oxygen atoms in total. The van der Waals surface area contributed by atoms with E-state index in [4.69, 9.17) is 4.42 Å². The van der Waals surface area contributed by atoms with Crippen molar-refractivity contribution in [2.45, 2.75) is 0 Å². The van der Waals surface area contributed by atoms with Gasteiger partial charge < -0.3 is 9.32 Å². The Morgan fingerprint density at radius 3 is 1.80 bits per heavy atom. The highest BCUT2D eigenvalue weighted by Gasteiger charge is 2.19. The van der Waals surface area contributed by atoms with Crippen molar-refractivity contribution in [1.82, 2.24) is 0 Å². The zero-order valence-corrected chi connectivity index (χ0v) is 27.3. The Balaban J connectivity index is 1.17. The lowest BCUT2D eigenvalue weighted by Crippen LogP contribution is -2.11. The molecule has 0 N–H and O–H groups in total. The predicted molar refractivity (Wildman–Crippen MR) is 212 cm³/mol. The SMILES string of the molecule is c1ccc(-c2ccccc2N(c2ccc(-c3cccc4c3oc3ccccc34)cc2)c2ccc3ccc4c5ccccc5ccc4c3c2)cc1. The average Bonchev–Trinajstić information content (AvgIpc) is 3.58. The molecule has 9 aromatic carbocycles. The smallest absolute Gasteiger partial charge is 0.143 e. The Bertz CT molecular complexity index is 2870. The molecular formula is C48H31NO. The number of benzene rings is 9. The van der Waals surface area contributed by atoms with Gasteiger partial charge in [0.2, 0.25) is 0 Å². The molecule has 10 rings (SSSR count). The maximum absolute atomic E-state index is 6.41. The molecule has 0 saturated heterocycles. The standard InChI is InChI=1S/C48H31NO/c1-2-11-32(12-3-1)39-15-6-8-19-46(39)49(37-28-23-35-25-29-41-38-14-5-4-13-33(38)24-30-42(41)45(35)31-37)36-26-21-34(22-27-36)40-17-10-18-44-43-16-7-9-20-47(43)50-48(40)44/h1-31H. The Labute approximate surface area is 290 Å². The molecule has 0 saturated carbocycles. The van der Waals surface area contributed by atoms with Crippen molar-refractivity contribution in [3.8, 4) is 22.3 Å². The van der Waals surface area contributed by atoms with Gasteiger partial charge in [-0.2, -0.15) is 0 Å². The van der Waals surface area contributed by atoms with Gasteiger partial charge in [-0.25, -0.2) is 0 Å². The summed E-state index contributed by atoms with van der Waals surface area (Å²) in [6.45, 7) is 0. The molecule has 0 unspecified atom stereocenters. The molecule has 10 aromatic rings. The van der Waals surface area contributed by atoms with Crippen LogP contribution >= 0.6 is 0 Å². The van der Waals surface area contributed by atoms with E-state index in [1.165, 1.54) is 43.4 Å². The zero-order valence-electron chi connectivity index (χ0n) is 27.3. The van der Waals surface area contributed by atoms with Gasteiger partial charge in [-0.1, -0.05) is 152 Å². The second kappa shape index (κ2) is 11.5. The largest absolute Gasteiger partial charge is 0.455 e. The van der Waals surface area contributed by atoms with E-state index in [2.05, 4.69) is 181 Å². The number of fused-ring (bicyclic) bond motifs is 8. The van der Waals surface area contributed by atoms with E-state index in [0.717, 1.165) is 50.1 Å². The van der Waals surface area contributed by atoms with Crippen LogP contribution in [0.25, 0.3) is 76.5 Å². The third kappa shape index (κ3) is 4.57. The van der Waals surface area contributed by atoms with Gasteiger partial charge in [0.05, 0.1) is 5.69 Å². The number of anilines is 3. The minimum absolute atomic E-state index is 0.909. The molecule has 0 atom stereocenters. The highest BCUT2D eigenvalue weighted by atomic mass is 16.3. The second-order valence-electron chi connectivity index (χ2n) is 12.9. The van der Waals surface area contributed by atoms with Gasteiger partial charge in [0, 0.05) is 33.3 Å². The van der Waals surface area contributed by atoms with Gasteiger partial charge in [0.15, 0.2) is 0 Å². The highest BCUT2D eigenvalue weighted by molar-refractivity contribution is 6.18. The molecule has 0 aliphatic heterocycles. The van der Waals surface area contributed by atoms with Gasteiger partial charge >= 0.3 is 0 Å². The van der Waals surface area contributed by atoms with E-state index in [-0.39, 0.29) is 0 Å². The van der Waals surface area contributed by atoms with E-state index in [0.29, 0.717) is 0 Å². The van der Waals surface area contributed by atoms with Crippen molar-refractivity contribution in [3.05, 3.63) is 188 Å². The fraction of sp³-hybridized carbons (Fsp3) is 0. The number of para-hydroxylation sites is 3. The molecule has 1 aromatic heterocycles. The first-order valence-electron chi connectivity index (χ1n) is 17.1. The van der Waals surface area contributed by atoms with Gasteiger partial charge in [-0.15, -0.1) is 0 Å². The molecule has 1 heterocycles. The molecule has 0 radical (unpaired) electrons. The van der Waals surface area contributed by atoms with Crippen molar-refractivity contribution in [2.75, 3.05) is 4.90 Å². The van der Waals surface area contributed by atoms with Crippen LogP contribution in [0.3, 0.4) is 0 Å². The first-order chi connectivity index (χ1) is 24.8. The summed E-state index contributed by atoms with van der Waals surface area (Å²) in [7, 11) is 0. The minimum Gasteiger partial charge on any atom is -0.455 e. The normalized spacial score (nSPS) is 11.6. The van der Waals surface area contributed by atoms with Crippen LogP contribution in [-0.2, 0) is 0 Å². The molecule has 50 heavy (non-hydrogen) atoms. The Kier molecular flexibility index (Phi) is 6.53. The van der Waals surface area contributed by atoms with E-state index in [1.807, 2.05) is 12.1 Å². The quantitative estimate of drug-likeness (QED) is 0.175. The Morgan fingerprint density at radius 1 is 0.340 bits per heavy atom. The van der Waals surface area contributed by atoms with E-state index >= 15 is 0 Å². The monoisotopic (exact) mass is 637 g/mol. The number of rotatable bonds is 5. The minimum atomic E-state index is 0.909. The van der Waals surface area contributed by atoms with Crippen LogP contribution in [0, 0.1) is 0 Å². The molecule has 2 heteroatoms. The fourth-order valence-electron chi connectivity index (χ4n) is 7.67. The second-order valence-corrected chi connectivity index (χ2v) is 12.9. The Morgan fingerprint density at radius 2 is 0.940 bits per heavy atom. The lowest BCUT2D eigenvalue weighted by molar-refractivity contribution is 0.670. The molecule has 0 amide bonds. The first kappa shape index (κ1) is 28.4. The van der Waals surface area contributed by atoms with Crippen molar-refractivity contribution in [3.63, 3.8) is 0 Å². The van der Waals surface area contributed by atoms with Crippen molar-refractivity contribution in [2.24, 2.45) is 0 Å². The average molecular weight is 638 g/mol. The summed E-state index contributed by atoms with van der Waals surface area (Å²) in [5.41, 5.74) is 9.70. The van der Waals surface area contributed by atoms with Gasteiger partial charge in [-0.05, 0) is 79.8 Å². The first-order valence-corrected chi connectivity index (χ1v) is 17.1. The van der Waals surface area contributed by atoms with Crippen molar-refractivity contribution in [1.29, 1.82) is 0 Å². The number of furan rings is 1. The predicted octanol–water partition coefficient (Wildman–Crippen LogP) is 13.8. The van der Waals surface area contributed by atoms with Gasteiger partial charge in [0.1, 0.15) is 11.2 Å². The van der Waals surface area contributed by atoms with Crippen molar-refractivity contribution >= 4 is 71.3 Å². The third-order valence-corrected chi connectivity index (χ3v) is 10.1. The summed E-state index contributed by atoms with van der Waals surface area (Å²) in [5.74, 6) is 0. The topological polar surface area (TPSA) is 16.4 Å². The molecule has 0 fully saturated rings. The molecule has 0 spiro atoms. The molecule has 234 valence electrons. The summed E-state index contributed by atoms with van der Waals surface area (Å²) in [4.78, 5) is 2.40. The van der Waals surface area contributed by atoms with Crippen LogP contribution < -0.4 is 4.90 Å². The van der Waals surface area contributed by atoms with Crippen LogP contribution in [0.5, 0.6) is 0 Å². The van der Waals surface area contributed by atoms with Gasteiger partial charge in [0.25, 0.3) is 0 Å². The maximum atomic E-state index is 6.41. The maximum Gasteiger partial charge on any atom is 0.143 e. The van der Waals surface area contributed by atoms with Crippen LogP contribution in [0.15, 0.2) is 192 Å². The van der Waals surface area contributed by atoms with E-state index < -0.39 is 0 Å². The number of hydrogen-bond acceptors (Lipinski definition) is 2. The molecule has 0 aliphatic carbocycles. The highest BCUT2D eigenvalue weighted by Crippen LogP contribution is 2.44. The fourth-order valence-corrected chi connectivity index (χ4v) is 7.67. The number of hydrogen-bond donors (Lipinski definition) is 0.